The first-order valence-electron chi connectivity index (χ1n) is 9.33. The number of amides is 1. The molecule has 0 spiro atoms. The number of carbonyl (C=O) groups excluding carboxylic acids is 2. The van der Waals surface area contributed by atoms with Crippen LogP contribution in [-0.2, 0) is 9.59 Å². The van der Waals surface area contributed by atoms with Gasteiger partial charge in [-0.15, -0.1) is 5.10 Å². The van der Waals surface area contributed by atoms with E-state index in [4.69, 9.17) is 13.9 Å². The van der Waals surface area contributed by atoms with E-state index in [-0.39, 0.29) is 11.8 Å². The Labute approximate surface area is 201 Å². The molecule has 0 saturated heterocycles. The Balaban J connectivity index is 1.78. The number of carbonyl (C=O) groups is 2. The van der Waals surface area contributed by atoms with Gasteiger partial charge < -0.3 is 13.9 Å². The third-order valence-electron chi connectivity index (χ3n) is 3.90. The Bertz CT molecular complexity index is 1150. The van der Waals surface area contributed by atoms with Gasteiger partial charge in [-0.25, -0.2) is 10.2 Å². The van der Waals surface area contributed by atoms with Crippen molar-refractivity contribution in [3.05, 3.63) is 86.7 Å². The summed E-state index contributed by atoms with van der Waals surface area (Å²) in [6.45, 7) is 3.30. The fourth-order valence-electron chi connectivity index (χ4n) is 2.51. The molecule has 3 aromatic rings. The molecule has 9 heteroatoms. The first-order chi connectivity index (χ1) is 15.3. The van der Waals surface area contributed by atoms with Crippen LogP contribution in [0.1, 0.15) is 23.8 Å². The lowest BCUT2D eigenvalue weighted by molar-refractivity contribution is -0.129. The van der Waals surface area contributed by atoms with E-state index < -0.39 is 5.97 Å². The van der Waals surface area contributed by atoms with Crippen LogP contribution >= 0.6 is 31.9 Å². The molecule has 2 aromatic carbocycles. The fourth-order valence-corrected chi connectivity index (χ4v) is 4.09. The van der Waals surface area contributed by atoms with Crippen LogP contribution in [0.15, 0.2) is 79.3 Å². The van der Waals surface area contributed by atoms with Crippen molar-refractivity contribution in [1.29, 1.82) is 0 Å². The Morgan fingerprint density at radius 1 is 1.06 bits per heavy atom. The Morgan fingerprint density at radius 2 is 1.75 bits per heavy atom. The number of hydrogen-bond donors (Lipinski definition) is 1. The molecule has 32 heavy (non-hydrogen) atoms. The third-order valence-corrected chi connectivity index (χ3v) is 5.08. The zero-order valence-electron chi connectivity index (χ0n) is 17.1. The molecule has 0 radical (unpaired) electrons. The molecule has 0 saturated carbocycles. The molecule has 0 unspecified atom stereocenters. The van der Waals surface area contributed by atoms with Crippen LogP contribution in [0.5, 0.6) is 11.5 Å². The molecular formula is C23H18Br2N2O5. The number of rotatable bonds is 6. The maximum atomic E-state index is 12.0. The molecule has 0 aliphatic rings. The second-order valence-electron chi connectivity index (χ2n) is 6.54. The predicted octanol–water partition coefficient (Wildman–Crippen LogP) is 5.61. The van der Waals surface area contributed by atoms with Crippen molar-refractivity contribution >= 4 is 55.7 Å². The van der Waals surface area contributed by atoms with Crippen LogP contribution in [0.25, 0.3) is 6.08 Å². The molecule has 0 aliphatic carbocycles. The normalized spacial score (nSPS) is 11.4. The van der Waals surface area contributed by atoms with E-state index in [1.165, 1.54) is 25.3 Å². The molecule has 1 heterocycles. The summed E-state index contributed by atoms with van der Waals surface area (Å²) in [5, 5.41) is 4.07. The monoisotopic (exact) mass is 560 g/mol. The van der Waals surface area contributed by atoms with Gasteiger partial charge in [0.05, 0.1) is 15.2 Å². The second-order valence-corrected chi connectivity index (χ2v) is 8.25. The highest BCUT2D eigenvalue weighted by Gasteiger charge is 2.14. The number of hydrogen-bond acceptors (Lipinski definition) is 6. The van der Waals surface area contributed by atoms with Crippen molar-refractivity contribution in [2.45, 2.75) is 13.8 Å². The largest absolute Gasteiger partial charge is 0.465 e. The molecule has 0 fully saturated rings. The van der Waals surface area contributed by atoms with Crippen LogP contribution in [0.3, 0.4) is 0 Å². The molecule has 3 rings (SSSR count). The molecule has 164 valence electrons. The summed E-state index contributed by atoms with van der Waals surface area (Å²) in [7, 11) is 0. The Kier molecular flexibility index (Phi) is 8.02. The molecule has 1 amide bonds. The van der Waals surface area contributed by atoms with Crippen molar-refractivity contribution in [3.8, 4) is 11.5 Å². The number of furan rings is 1. The van der Waals surface area contributed by atoms with Gasteiger partial charge in [-0.3, -0.25) is 4.79 Å². The second kappa shape index (κ2) is 10.9. The molecule has 0 atom stereocenters. The van der Waals surface area contributed by atoms with Crippen molar-refractivity contribution < 1.29 is 23.5 Å². The average molecular weight is 562 g/mol. The van der Waals surface area contributed by atoms with Gasteiger partial charge in [0.1, 0.15) is 11.5 Å². The summed E-state index contributed by atoms with van der Waals surface area (Å²) >= 11 is 6.96. The Hall–Kier alpha value is -3.17. The minimum atomic E-state index is -0.551. The smallest absolute Gasteiger partial charge is 0.336 e. The summed E-state index contributed by atoms with van der Waals surface area (Å²) in [6, 6.07) is 13.8. The van der Waals surface area contributed by atoms with Crippen molar-refractivity contribution in [3.63, 3.8) is 0 Å². The number of ether oxygens (including phenoxy) is 2. The van der Waals surface area contributed by atoms with Gasteiger partial charge in [0.15, 0.2) is 5.75 Å². The van der Waals surface area contributed by atoms with E-state index in [1.807, 2.05) is 19.1 Å². The number of aryl methyl sites for hydroxylation is 1. The first-order valence-corrected chi connectivity index (χ1v) is 10.9. The van der Waals surface area contributed by atoms with Crippen LogP contribution in [0.4, 0.5) is 0 Å². The van der Waals surface area contributed by atoms with Gasteiger partial charge in [-0.05, 0) is 99.0 Å². The van der Waals surface area contributed by atoms with Gasteiger partial charge in [0, 0.05) is 18.6 Å². The number of esters is 1. The number of hydrazone groups is 1. The molecule has 7 nitrogen and oxygen atoms in total. The zero-order valence-corrected chi connectivity index (χ0v) is 20.3. The minimum absolute atomic E-state index is 0.154. The van der Waals surface area contributed by atoms with Gasteiger partial charge in [0.25, 0.3) is 0 Å². The van der Waals surface area contributed by atoms with Crippen LogP contribution in [0, 0.1) is 6.92 Å². The van der Waals surface area contributed by atoms with E-state index in [0.29, 0.717) is 31.8 Å². The lowest BCUT2D eigenvalue weighted by atomic mass is 10.2. The van der Waals surface area contributed by atoms with Gasteiger partial charge in [-0.2, -0.15) is 0 Å². The van der Waals surface area contributed by atoms with E-state index in [1.54, 1.807) is 36.4 Å². The minimum Gasteiger partial charge on any atom is -0.465 e. The highest BCUT2D eigenvalue weighted by atomic mass is 79.9. The lowest BCUT2D eigenvalue weighted by Crippen LogP contribution is -2.20. The maximum Gasteiger partial charge on any atom is 0.336 e. The van der Waals surface area contributed by atoms with Gasteiger partial charge >= 0.3 is 5.97 Å². The first kappa shape index (κ1) is 23.5. The van der Waals surface area contributed by atoms with Gasteiger partial charge in [0.2, 0.25) is 11.8 Å². The highest BCUT2D eigenvalue weighted by Crippen LogP contribution is 2.35. The Morgan fingerprint density at radius 3 is 2.34 bits per heavy atom. The SMILES string of the molecule is CC(=O)N/N=C(/Oc1c(Br)cc(C)cc1Br)c1ccc(OC(=O)/C=C/c2ccco2)cc1. The number of benzene rings is 2. The van der Waals surface area contributed by atoms with Crippen LogP contribution in [-0.4, -0.2) is 17.8 Å². The summed E-state index contributed by atoms with van der Waals surface area (Å²) in [5.74, 6) is 0.632. The third kappa shape index (κ3) is 6.66. The van der Waals surface area contributed by atoms with Gasteiger partial charge in [-0.1, -0.05) is 0 Å². The van der Waals surface area contributed by atoms with Crippen LogP contribution in [0.2, 0.25) is 0 Å². The average Bonchev–Trinajstić information content (AvgIpc) is 3.25. The molecular weight excluding hydrogens is 544 g/mol. The molecule has 1 N–H and O–H groups in total. The predicted molar refractivity (Wildman–Crippen MR) is 127 cm³/mol. The molecule has 1 aromatic heterocycles. The summed E-state index contributed by atoms with van der Waals surface area (Å²) in [4.78, 5) is 23.4. The summed E-state index contributed by atoms with van der Waals surface area (Å²) < 4.78 is 17.8. The zero-order chi connectivity index (χ0) is 23.1. The molecule has 0 aliphatic heterocycles. The fraction of sp³-hybridized carbons (Fsp3) is 0.0870. The number of nitrogens with one attached hydrogen (secondary N) is 1. The van der Waals surface area contributed by atoms with E-state index in [9.17, 15) is 9.59 Å². The molecule has 0 bridgehead atoms. The summed E-state index contributed by atoms with van der Waals surface area (Å²) in [6.07, 6.45) is 4.30. The maximum absolute atomic E-state index is 12.0. The highest BCUT2D eigenvalue weighted by molar-refractivity contribution is 9.11. The standard InChI is InChI=1S/C23H18Br2N2O5/c1-14-12-19(24)22(20(25)13-14)32-23(27-26-15(2)28)16-5-7-18(8-6-16)31-21(29)10-9-17-4-3-11-30-17/h3-13H,1-2H3,(H,26,28)/b10-9+,27-23+. The van der Waals surface area contributed by atoms with E-state index in [0.717, 1.165) is 5.56 Å². The van der Waals surface area contributed by atoms with Crippen molar-refractivity contribution in [2.75, 3.05) is 0 Å². The lowest BCUT2D eigenvalue weighted by Gasteiger charge is -2.13. The van der Waals surface area contributed by atoms with E-state index in [2.05, 4.69) is 42.4 Å². The van der Waals surface area contributed by atoms with E-state index >= 15 is 0 Å². The van der Waals surface area contributed by atoms with Crippen molar-refractivity contribution in [1.82, 2.24) is 5.43 Å². The number of halogens is 2. The quantitative estimate of drug-likeness (QED) is 0.105. The van der Waals surface area contributed by atoms with Crippen LogP contribution < -0.4 is 14.9 Å². The number of nitrogens with zero attached hydrogens (tertiary/aromatic N) is 1. The van der Waals surface area contributed by atoms with Crippen molar-refractivity contribution in [2.24, 2.45) is 5.10 Å². The topological polar surface area (TPSA) is 90.1 Å². The summed E-state index contributed by atoms with van der Waals surface area (Å²) in [5.41, 5.74) is 3.97.